The monoisotopic (exact) mass is 776 g/mol. The van der Waals surface area contributed by atoms with Crippen LogP contribution >= 0.6 is 56.5 Å². The Bertz CT molecular complexity index is 1730. The minimum atomic E-state index is -0.432. The fourth-order valence-corrected chi connectivity index (χ4v) is 6.01. The summed E-state index contributed by atoms with van der Waals surface area (Å²) in [4.78, 5) is 21.6. The van der Waals surface area contributed by atoms with Crippen LogP contribution in [0.5, 0.6) is 0 Å². The second kappa shape index (κ2) is 12.5. The van der Waals surface area contributed by atoms with Crippen molar-refractivity contribution in [1.82, 2.24) is 0 Å². The smallest absolute Gasteiger partial charge is 0.312 e. The van der Waals surface area contributed by atoms with Crippen LogP contribution in [0.1, 0.15) is 20.9 Å². The summed E-state index contributed by atoms with van der Waals surface area (Å²) in [6.45, 7) is 0. The molecule has 0 N–H and O–H groups in total. The van der Waals surface area contributed by atoms with Crippen molar-refractivity contribution in [3.8, 4) is 0 Å². The minimum absolute atomic E-state index is 0.432. The molecule has 0 saturated heterocycles. The first-order chi connectivity index (χ1) is 20.0. The molecule has 0 spiro atoms. The summed E-state index contributed by atoms with van der Waals surface area (Å²) < 4.78 is 2.41. The van der Waals surface area contributed by atoms with Crippen molar-refractivity contribution in [3.05, 3.63) is 149 Å². The van der Waals surface area contributed by atoms with Crippen LogP contribution in [0.3, 0.4) is 0 Å². The molecule has 1 aromatic heterocycles. The van der Waals surface area contributed by atoms with Crippen molar-refractivity contribution in [2.24, 2.45) is 5.16 Å². The number of thiophene rings is 1. The molecule has 200 valence electrons. The topological polar surface area (TPSA) is 41.9 Å². The molecule has 0 fully saturated rings. The van der Waals surface area contributed by atoms with Crippen LogP contribution in [-0.2, 0) is 9.63 Å². The highest BCUT2D eigenvalue weighted by Gasteiger charge is 2.26. The maximum Gasteiger partial charge on any atom is 0.368 e. The lowest BCUT2D eigenvalue weighted by atomic mass is 10.0. The van der Waals surface area contributed by atoms with Gasteiger partial charge < -0.3 is 9.74 Å². The van der Waals surface area contributed by atoms with Crippen LogP contribution in [0.25, 0.3) is 18.2 Å². The van der Waals surface area contributed by atoms with Crippen LogP contribution in [0, 0.1) is 7.14 Å². The normalized spacial score (nSPS) is 14.0. The Hall–Kier alpha value is -3.54. The molecular formula is C34H22I2N2O2S. The van der Waals surface area contributed by atoms with Gasteiger partial charge >= 0.3 is 5.97 Å². The van der Waals surface area contributed by atoms with Crippen molar-refractivity contribution in [1.29, 1.82) is 0 Å². The average Bonchev–Trinajstić information content (AvgIpc) is 3.61. The van der Waals surface area contributed by atoms with Crippen LogP contribution < -0.4 is 4.90 Å². The number of oxime groups is 1. The van der Waals surface area contributed by atoms with Crippen molar-refractivity contribution in [2.45, 2.75) is 0 Å². The summed E-state index contributed by atoms with van der Waals surface area (Å²) in [5.74, 6) is -0.432. The van der Waals surface area contributed by atoms with Crippen molar-refractivity contribution >= 4 is 103 Å². The van der Waals surface area contributed by atoms with E-state index in [2.05, 4.69) is 146 Å². The Morgan fingerprint density at radius 3 is 1.83 bits per heavy atom. The van der Waals surface area contributed by atoms with Gasteiger partial charge in [-0.05, 0) is 136 Å². The molecule has 7 heteroatoms. The van der Waals surface area contributed by atoms with E-state index in [4.69, 9.17) is 4.84 Å². The molecule has 0 bridgehead atoms. The average molecular weight is 776 g/mol. The molecule has 0 atom stereocenters. The van der Waals surface area contributed by atoms with Gasteiger partial charge in [-0.2, -0.15) is 0 Å². The number of carbonyl (C=O) groups excluding carboxylic acids is 1. The molecule has 0 amide bonds. The summed E-state index contributed by atoms with van der Waals surface area (Å²) in [6.07, 6.45) is 6.05. The number of halogens is 2. The van der Waals surface area contributed by atoms with E-state index in [0.717, 1.165) is 37.9 Å². The van der Waals surface area contributed by atoms with E-state index in [1.807, 2.05) is 42.5 Å². The predicted octanol–water partition coefficient (Wildman–Crippen LogP) is 9.94. The fraction of sp³-hybridized carbons (Fsp3) is 0. The van der Waals surface area contributed by atoms with Crippen LogP contribution in [0.2, 0.25) is 0 Å². The second-order valence-corrected chi connectivity index (χ2v) is 12.8. The van der Waals surface area contributed by atoms with E-state index in [0.29, 0.717) is 11.3 Å². The van der Waals surface area contributed by atoms with Crippen molar-refractivity contribution < 1.29 is 9.63 Å². The summed E-state index contributed by atoms with van der Waals surface area (Å²) in [5.41, 5.74) is 6.30. The molecule has 6 rings (SSSR count). The first kappa shape index (κ1) is 27.6. The molecule has 0 aliphatic carbocycles. The highest BCUT2D eigenvalue weighted by Crippen LogP contribution is 2.35. The number of benzene rings is 4. The molecule has 4 nitrogen and oxygen atoms in total. The molecule has 2 heterocycles. The van der Waals surface area contributed by atoms with Gasteiger partial charge in [0.1, 0.15) is 5.71 Å². The molecule has 0 unspecified atom stereocenters. The third-order valence-corrected chi connectivity index (χ3v) is 8.87. The molecule has 0 saturated carbocycles. The minimum Gasteiger partial charge on any atom is -0.312 e. The summed E-state index contributed by atoms with van der Waals surface area (Å²) in [7, 11) is 0. The van der Waals surface area contributed by atoms with Gasteiger partial charge in [0.05, 0.1) is 5.57 Å². The number of anilines is 3. The predicted molar refractivity (Wildman–Crippen MR) is 187 cm³/mol. The zero-order chi connectivity index (χ0) is 28.2. The third-order valence-electron chi connectivity index (χ3n) is 6.44. The maximum atomic E-state index is 12.3. The molecule has 41 heavy (non-hydrogen) atoms. The van der Waals surface area contributed by atoms with Crippen LogP contribution in [0.15, 0.2) is 126 Å². The Morgan fingerprint density at radius 2 is 1.22 bits per heavy atom. The van der Waals surface area contributed by atoms with E-state index >= 15 is 0 Å². The fourth-order valence-electron chi connectivity index (χ4n) is 4.43. The molecule has 5 aromatic rings. The number of nitrogens with zero attached hydrogens (tertiary/aromatic N) is 2. The summed E-state index contributed by atoms with van der Waals surface area (Å²) in [5, 5.41) is 4.00. The SMILES string of the molecule is O=C1ON=C(c2ccccc2)/C1=C/c1ccc(/C=C/c2ccc(N(c3ccc(I)cc3)c3ccc(I)cc3)cc2)s1. The van der Waals surface area contributed by atoms with Crippen LogP contribution in [-0.4, -0.2) is 11.7 Å². The van der Waals surface area contributed by atoms with Gasteiger partial charge in [0.15, 0.2) is 0 Å². The van der Waals surface area contributed by atoms with E-state index in [9.17, 15) is 4.79 Å². The van der Waals surface area contributed by atoms with Crippen LogP contribution in [0.4, 0.5) is 17.1 Å². The standard InChI is InChI=1S/C34H22I2N2O2S/c35-25-9-15-28(16-10-25)38(29-17-11-26(36)12-18-29)27-13-6-23(7-14-27)8-19-30-20-21-31(41-30)22-32-33(37-40-34(32)39)24-4-2-1-3-5-24/h1-22H/b19-8+,32-22-. The zero-order valence-corrected chi connectivity index (χ0v) is 26.7. The molecular weight excluding hydrogens is 754 g/mol. The lowest BCUT2D eigenvalue weighted by Gasteiger charge is -2.25. The lowest BCUT2D eigenvalue weighted by Crippen LogP contribution is -2.09. The van der Waals surface area contributed by atoms with Gasteiger partial charge in [0.2, 0.25) is 0 Å². The number of hydrogen-bond donors (Lipinski definition) is 0. The summed E-state index contributed by atoms with van der Waals surface area (Å²) >= 11 is 6.28. The first-order valence-electron chi connectivity index (χ1n) is 12.8. The Labute approximate surface area is 270 Å². The van der Waals surface area contributed by atoms with Gasteiger partial charge in [-0.15, -0.1) is 11.3 Å². The van der Waals surface area contributed by atoms with E-state index in [1.54, 1.807) is 11.3 Å². The number of rotatable bonds is 7. The largest absolute Gasteiger partial charge is 0.368 e. The van der Waals surface area contributed by atoms with E-state index < -0.39 is 5.97 Å². The highest BCUT2D eigenvalue weighted by molar-refractivity contribution is 14.1. The molecule has 4 aromatic carbocycles. The second-order valence-electron chi connectivity index (χ2n) is 9.20. The van der Waals surface area contributed by atoms with Gasteiger partial charge in [-0.25, -0.2) is 4.79 Å². The Kier molecular flexibility index (Phi) is 8.45. The molecule has 0 radical (unpaired) electrons. The molecule has 1 aliphatic heterocycles. The summed E-state index contributed by atoms with van der Waals surface area (Å²) in [6, 6.07) is 39.3. The van der Waals surface area contributed by atoms with Gasteiger partial charge in [0.25, 0.3) is 0 Å². The first-order valence-corrected chi connectivity index (χ1v) is 15.8. The van der Waals surface area contributed by atoms with E-state index in [-0.39, 0.29) is 0 Å². The molecule has 1 aliphatic rings. The number of hydrogen-bond acceptors (Lipinski definition) is 5. The maximum absolute atomic E-state index is 12.3. The zero-order valence-electron chi connectivity index (χ0n) is 21.6. The van der Waals surface area contributed by atoms with Crippen molar-refractivity contribution in [2.75, 3.05) is 4.90 Å². The lowest BCUT2D eigenvalue weighted by molar-refractivity contribution is -0.136. The van der Waals surface area contributed by atoms with E-state index in [1.165, 1.54) is 7.14 Å². The Morgan fingerprint density at radius 1 is 0.659 bits per heavy atom. The quantitative estimate of drug-likeness (QED) is 0.0940. The van der Waals surface area contributed by atoms with Gasteiger partial charge in [-0.3, -0.25) is 0 Å². The third kappa shape index (κ3) is 6.52. The van der Waals surface area contributed by atoms with Crippen molar-refractivity contribution in [3.63, 3.8) is 0 Å². The van der Waals surface area contributed by atoms with Gasteiger partial charge in [-0.1, -0.05) is 53.7 Å². The number of carbonyl (C=O) groups is 1. The Balaban J connectivity index is 1.21. The highest BCUT2D eigenvalue weighted by atomic mass is 127. The van der Waals surface area contributed by atoms with Gasteiger partial charge in [0, 0.05) is 39.5 Å².